The number of benzene rings is 3. The molecule has 2 aliphatic rings. The summed E-state index contributed by atoms with van der Waals surface area (Å²) < 4.78 is 0. The molecule has 3 aromatic rings. The van der Waals surface area contributed by atoms with Crippen LogP contribution in [-0.4, -0.2) is 23.8 Å². The molecule has 0 spiro atoms. The van der Waals surface area contributed by atoms with Crippen LogP contribution in [0.15, 0.2) is 91.0 Å². The van der Waals surface area contributed by atoms with Crippen LogP contribution in [0.5, 0.6) is 0 Å². The Bertz CT molecular complexity index is 928. The third-order valence-corrected chi connectivity index (χ3v) is 7.03. The van der Waals surface area contributed by atoms with Crippen LogP contribution in [0.25, 0.3) is 0 Å². The van der Waals surface area contributed by atoms with Crippen molar-refractivity contribution in [2.75, 3.05) is 13.1 Å². The van der Waals surface area contributed by atoms with E-state index < -0.39 is 0 Å². The first kappa shape index (κ1) is 18.3. The van der Waals surface area contributed by atoms with Crippen LogP contribution in [0.3, 0.4) is 0 Å². The fourth-order valence-electron chi connectivity index (χ4n) is 5.73. The van der Waals surface area contributed by atoms with Gasteiger partial charge >= 0.3 is 0 Å². The van der Waals surface area contributed by atoms with Gasteiger partial charge in [-0.15, -0.1) is 0 Å². The SMILES string of the molecule is O=C1CCC(c2ccccc2)(c2ccccc2)[C@@H]2CN(Cc3ccccc3)CC12. The summed E-state index contributed by atoms with van der Waals surface area (Å²) in [4.78, 5) is 15.5. The Hall–Kier alpha value is -2.71. The summed E-state index contributed by atoms with van der Waals surface area (Å²) in [7, 11) is 0. The minimum atomic E-state index is -0.0907. The number of fused-ring (bicyclic) bond motifs is 1. The van der Waals surface area contributed by atoms with Gasteiger partial charge in [0.05, 0.1) is 0 Å². The molecule has 2 fully saturated rings. The summed E-state index contributed by atoms with van der Waals surface area (Å²) in [5.74, 6) is 0.887. The van der Waals surface area contributed by atoms with Gasteiger partial charge in [-0.2, -0.15) is 0 Å². The van der Waals surface area contributed by atoms with Crippen molar-refractivity contribution >= 4 is 5.78 Å². The summed E-state index contributed by atoms with van der Waals surface area (Å²) in [5, 5.41) is 0. The molecule has 5 rings (SSSR count). The monoisotopic (exact) mass is 381 g/mol. The number of hydrogen-bond donors (Lipinski definition) is 0. The van der Waals surface area contributed by atoms with E-state index in [1.807, 2.05) is 0 Å². The van der Waals surface area contributed by atoms with Crippen molar-refractivity contribution in [1.82, 2.24) is 4.90 Å². The van der Waals surface area contributed by atoms with E-state index >= 15 is 0 Å². The van der Waals surface area contributed by atoms with Gasteiger partial charge in [0.15, 0.2) is 0 Å². The maximum absolute atomic E-state index is 13.0. The van der Waals surface area contributed by atoms with Gasteiger partial charge in [-0.25, -0.2) is 0 Å². The second-order valence-electron chi connectivity index (χ2n) is 8.56. The molecule has 29 heavy (non-hydrogen) atoms. The number of Topliss-reactive ketones (excluding diaryl/α,β-unsaturated/α-hetero) is 1. The highest BCUT2D eigenvalue weighted by Gasteiger charge is 2.54. The van der Waals surface area contributed by atoms with Gasteiger partial charge in [-0.1, -0.05) is 91.0 Å². The molecule has 0 amide bonds. The Morgan fingerprint density at radius 3 is 1.90 bits per heavy atom. The van der Waals surface area contributed by atoms with Crippen LogP contribution < -0.4 is 0 Å². The quantitative estimate of drug-likeness (QED) is 0.628. The lowest BCUT2D eigenvalue weighted by atomic mass is 9.56. The highest BCUT2D eigenvalue weighted by atomic mass is 16.1. The summed E-state index contributed by atoms with van der Waals surface area (Å²) >= 11 is 0. The summed E-state index contributed by atoms with van der Waals surface area (Å²) in [5.41, 5.74) is 3.95. The molecule has 2 atom stereocenters. The highest BCUT2D eigenvalue weighted by Crippen LogP contribution is 2.52. The largest absolute Gasteiger partial charge is 0.299 e. The second-order valence-corrected chi connectivity index (χ2v) is 8.56. The van der Waals surface area contributed by atoms with E-state index in [4.69, 9.17) is 0 Å². The Labute approximate surface area is 173 Å². The lowest BCUT2D eigenvalue weighted by Crippen LogP contribution is -2.47. The van der Waals surface area contributed by atoms with Crippen LogP contribution >= 0.6 is 0 Å². The molecule has 1 heterocycles. The molecule has 2 nitrogen and oxygen atoms in total. The van der Waals surface area contributed by atoms with Gasteiger partial charge in [-0.05, 0) is 29.0 Å². The van der Waals surface area contributed by atoms with Crippen LogP contribution in [0.2, 0.25) is 0 Å². The topological polar surface area (TPSA) is 20.3 Å². The summed E-state index contributed by atoms with van der Waals surface area (Å²) in [6, 6.07) is 32.4. The number of hydrogen-bond acceptors (Lipinski definition) is 2. The van der Waals surface area contributed by atoms with Crippen molar-refractivity contribution in [2.24, 2.45) is 11.8 Å². The average Bonchev–Trinajstić information content (AvgIpc) is 3.21. The van der Waals surface area contributed by atoms with Crippen molar-refractivity contribution in [3.63, 3.8) is 0 Å². The maximum atomic E-state index is 13.0. The predicted octanol–water partition coefficient (Wildman–Crippen LogP) is 5.08. The van der Waals surface area contributed by atoms with Crippen molar-refractivity contribution in [3.05, 3.63) is 108 Å². The molecular weight excluding hydrogens is 354 g/mol. The Morgan fingerprint density at radius 2 is 1.31 bits per heavy atom. The number of likely N-dealkylation sites (tertiary alicyclic amines) is 1. The molecule has 0 N–H and O–H groups in total. The van der Waals surface area contributed by atoms with E-state index in [0.717, 1.165) is 26.1 Å². The fraction of sp³-hybridized carbons (Fsp3) is 0.296. The lowest BCUT2D eigenvalue weighted by Gasteiger charge is -2.46. The first-order chi connectivity index (χ1) is 14.3. The molecule has 146 valence electrons. The molecule has 1 saturated carbocycles. The number of carbonyl (C=O) groups is 1. The molecule has 1 aliphatic heterocycles. The Balaban J connectivity index is 1.56. The fourth-order valence-corrected chi connectivity index (χ4v) is 5.73. The molecule has 0 bridgehead atoms. The molecule has 3 aromatic carbocycles. The molecule has 1 aliphatic carbocycles. The van der Waals surface area contributed by atoms with Gasteiger partial charge in [0.1, 0.15) is 5.78 Å². The molecule has 1 unspecified atom stereocenters. The van der Waals surface area contributed by atoms with E-state index in [1.165, 1.54) is 16.7 Å². The minimum absolute atomic E-state index is 0.0907. The molecule has 1 saturated heterocycles. The van der Waals surface area contributed by atoms with Crippen LogP contribution in [0, 0.1) is 11.8 Å². The number of ketones is 1. The van der Waals surface area contributed by atoms with Gasteiger partial charge < -0.3 is 0 Å². The number of nitrogens with zero attached hydrogens (tertiary/aromatic N) is 1. The Morgan fingerprint density at radius 1 is 0.759 bits per heavy atom. The first-order valence-electron chi connectivity index (χ1n) is 10.7. The van der Waals surface area contributed by atoms with E-state index in [1.54, 1.807) is 0 Å². The summed E-state index contributed by atoms with van der Waals surface area (Å²) in [6.45, 7) is 2.76. The maximum Gasteiger partial charge on any atom is 0.137 e. The van der Waals surface area contributed by atoms with Crippen molar-refractivity contribution in [1.29, 1.82) is 0 Å². The van der Waals surface area contributed by atoms with Gasteiger partial charge in [0.25, 0.3) is 0 Å². The van der Waals surface area contributed by atoms with Crippen molar-refractivity contribution < 1.29 is 4.79 Å². The standard InChI is InChI=1S/C27H27NO/c29-26-16-17-27(22-12-6-2-7-13-22,23-14-8-3-9-15-23)25-20-28(19-24(25)26)18-21-10-4-1-5-11-21/h1-15,24-25H,16-20H2/t24?,25-/m1/s1. The second kappa shape index (κ2) is 7.61. The lowest BCUT2D eigenvalue weighted by molar-refractivity contribution is -0.126. The van der Waals surface area contributed by atoms with E-state index in [0.29, 0.717) is 18.1 Å². The zero-order valence-electron chi connectivity index (χ0n) is 16.7. The molecule has 0 radical (unpaired) electrons. The van der Waals surface area contributed by atoms with Crippen molar-refractivity contribution in [2.45, 2.75) is 24.8 Å². The van der Waals surface area contributed by atoms with Gasteiger partial charge in [0.2, 0.25) is 0 Å². The zero-order valence-corrected chi connectivity index (χ0v) is 16.7. The highest BCUT2D eigenvalue weighted by molar-refractivity contribution is 5.84. The first-order valence-corrected chi connectivity index (χ1v) is 10.7. The minimum Gasteiger partial charge on any atom is -0.299 e. The molecular formula is C27H27NO. The number of rotatable bonds is 4. The van der Waals surface area contributed by atoms with Gasteiger partial charge in [0, 0.05) is 37.4 Å². The Kier molecular flexibility index (Phi) is 4.81. The van der Waals surface area contributed by atoms with Crippen LogP contribution in [0.4, 0.5) is 0 Å². The smallest absolute Gasteiger partial charge is 0.137 e. The predicted molar refractivity (Wildman–Crippen MR) is 117 cm³/mol. The van der Waals surface area contributed by atoms with E-state index in [2.05, 4.69) is 95.9 Å². The van der Waals surface area contributed by atoms with Crippen molar-refractivity contribution in [3.8, 4) is 0 Å². The number of carbonyl (C=O) groups excluding carboxylic acids is 1. The average molecular weight is 382 g/mol. The third-order valence-electron chi connectivity index (χ3n) is 7.03. The molecule has 2 heteroatoms. The van der Waals surface area contributed by atoms with Crippen LogP contribution in [0.1, 0.15) is 29.5 Å². The van der Waals surface area contributed by atoms with Crippen LogP contribution in [-0.2, 0) is 16.8 Å². The zero-order chi connectivity index (χ0) is 19.7. The normalized spacial score (nSPS) is 23.7. The van der Waals surface area contributed by atoms with Gasteiger partial charge in [-0.3, -0.25) is 9.69 Å². The molecule has 0 aromatic heterocycles. The van der Waals surface area contributed by atoms with E-state index in [9.17, 15) is 4.79 Å². The summed E-state index contributed by atoms with van der Waals surface area (Å²) in [6.07, 6.45) is 1.57. The third kappa shape index (κ3) is 3.22. The van der Waals surface area contributed by atoms with E-state index in [-0.39, 0.29) is 11.3 Å².